The second kappa shape index (κ2) is 7.43. The van der Waals surface area contributed by atoms with Crippen LogP contribution >= 0.6 is 0 Å². The van der Waals surface area contributed by atoms with Gasteiger partial charge in [0, 0.05) is 24.7 Å². The van der Waals surface area contributed by atoms with Gasteiger partial charge in [0.15, 0.2) is 11.5 Å². The van der Waals surface area contributed by atoms with Gasteiger partial charge in [0.25, 0.3) is 5.91 Å². The number of methoxy groups -OCH3 is 2. The van der Waals surface area contributed by atoms with Gasteiger partial charge in [-0.15, -0.1) is 0 Å². The van der Waals surface area contributed by atoms with E-state index in [-0.39, 0.29) is 17.9 Å². The minimum atomic E-state index is -0.592. The van der Waals surface area contributed by atoms with Gasteiger partial charge in [0.2, 0.25) is 5.91 Å². The van der Waals surface area contributed by atoms with Crippen molar-refractivity contribution in [2.75, 3.05) is 25.7 Å². The molecule has 3 rings (SSSR count). The van der Waals surface area contributed by atoms with Crippen molar-refractivity contribution in [2.45, 2.75) is 12.5 Å². The van der Waals surface area contributed by atoms with E-state index in [9.17, 15) is 14.0 Å². The van der Waals surface area contributed by atoms with Gasteiger partial charge in [-0.05, 0) is 24.3 Å². The summed E-state index contributed by atoms with van der Waals surface area (Å²) >= 11 is 0. The first kappa shape index (κ1) is 17.7. The van der Waals surface area contributed by atoms with Gasteiger partial charge in [-0.2, -0.15) is 0 Å². The highest BCUT2D eigenvalue weighted by Crippen LogP contribution is 2.33. The Morgan fingerprint density at radius 2 is 1.88 bits per heavy atom. The van der Waals surface area contributed by atoms with Crippen molar-refractivity contribution in [1.29, 1.82) is 0 Å². The van der Waals surface area contributed by atoms with Crippen LogP contribution in [-0.2, 0) is 4.79 Å². The monoisotopic (exact) mass is 358 g/mol. The lowest BCUT2D eigenvalue weighted by atomic mass is 10.1. The lowest BCUT2D eigenvalue weighted by molar-refractivity contribution is -0.117. The largest absolute Gasteiger partial charge is 0.493 e. The molecule has 1 fully saturated rings. The fourth-order valence-electron chi connectivity index (χ4n) is 2.96. The Morgan fingerprint density at radius 1 is 1.15 bits per heavy atom. The average Bonchev–Trinajstić information content (AvgIpc) is 3.01. The summed E-state index contributed by atoms with van der Waals surface area (Å²) in [7, 11) is 3.05. The lowest BCUT2D eigenvalue weighted by Gasteiger charge is -2.19. The normalized spacial score (nSPS) is 16.5. The number of hydrogen-bond acceptors (Lipinski definition) is 4. The van der Waals surface area contributed by atoms with Crippen molar-refractivity contribution in [2.24, 2.45) is 0 Å². The summed E-state index contributed by atoms with van der Waals surface area (Å²) in [4.78, 5) is 26.2. The van der Waals surface area contributed by atoms with Crippen LogP contribution < -0.4 is 19.7 Å². The van der Waals surface area contributed by atoms with E-state index < -0.39 is 17.8 Å². The van der Waals surface area contributed by atoms with Crippen LogP contribution in [0, 0.1) is 5.82 Å². The van der Waals surface area contributed by atoms with E-state index in [2.05, 4.69) is 5.32 Å². The third kappa shape index (κ3) is 3.46. The zero-order chi connectivity index (χ0) is 18.7. The number of nitrogens with one attached hydrogen (secondary N) is 1. The summed E-state index contributed by atoms with van der Waals surface area (Å²) in [6.45, 7) is 0.300. The van der Waals surface area contributed by atoms with Crippen molar-refractivity contribution in [3.63, 3.8) is 0 Å². The minimum absolute atomic E-state index is 0.0375. The summed E-state index contributed by atoms with van der Waals surface area (Å²) in [6, 6.07) is 10.5. The fourth-order valence-corrected chi connectivity index (χ4v) is 2.96. The number of nitrogens with zero attached hydrogens (tertiary/aromatic N) is 1. The number of anilines is 1. The SMILES string of the molecule is COc1ccc(N2C[C@H](NC(=O)c3ccccc3F)CC2=O)cc1OC. The van der Waals surface area contributed by atoms with Gasteiger partial charge < -0.3 is 19.7 Å². The first-order valence-corrected chi connectivity index (χ1v) is 8.11. The Bertz CT molecular complexity index is 840. The second-order valence-electron chi connectivity index (χ2n) is 5.90. The number of benzene rings is 2. The van der Waals surface area contributed by atoms with Gasteiger partial charge in [-0.3, -0.25) is 9.59 Å². The van der Waals surface area contributed by atoms with E-state index in [1.54, 1.807) is 29.2 Å². The molecular weight excluding hydrogens is 339 g/mol. The highest BCUT2D eigenvalue weighted by molar-refractivity contribution is 5.99. The number of hydrogen-bond donors (Lipinski definition) is 1. The van der Waals surface area contributed by atoms with Gasteiger partial charge in [0.1, 0.15) is 5.82 Å². The molecule has 0 aliphatic carbocycles. The van der Waals surface area contributed by atoms with Crippen LogP contribution in [-0.4, -0.2) is 38.6 Å². The number of amides is 2. The molecule has 1 saturated heterocycles. The maximum atomic E-state index is 13.7. The zero-order valence-electron chi connectivity index (χ0n) is 14.5. The van der Waals surface area contributed by atoms with E-state index in [4.69, 9.17) is 9.47 Å². The number of carbonyl (C=O) groups is 2. The summed E-state index contributed by atoms with van der Waals surface area (Å²) in [5.41, 5.74) is 0.611. The van der Waals surface area contributed by atoms with E-state index in [1.807, 2.05) is 0 Å². The Labute approximate surface area is 150 Å². The van der Waals surface area contributed by atoms with Gasteiger partial charge in [-0.1, -0.05) is 12.1 Å². The van der Waals surface area contributed by atoms with Crippen LogP contribution in [0.2, 0.25) is 0 Å². The van der Waals surface area contributed by atoms with Crippen molar-refractivity contribution >= 4 is 17.5 Å². The zero-order valence-corrected chi connectivity index (χ0v) is 14.5. The number of carbonyl (C=O) groups excluding carboxylic acids is 2. The molecular formula is C19H19FN2O4. The number of ether oxygens (including phenoxy) is 2. The topological polar surface area (TPSA) is 67.9 Å². The fraction of sp³-hybridized carbons (Fsp3) is 0.263. The van der Waals surface area contributed by atoms with Gasteiger partial charge in [-0.25, -0.2) is 4.39 Å². The molecule has 1 aliphatic heterocycles. The smallest absolute Gasteiger partial charge is 0.254 e. The van der Waals surface area contributed by atoms with Crippen LogP contribution in [0.15, 0.2) is 42.5 Å². The molecule has 0 spiro atoms. The van der Waals surface area contributed by atoms with Gasteiger partial charge >= 0.3 is 0 Å². The molecule has 136 valence electrons. The van der Waals surface area contributed by atoms with E-state index >= 15 is 0 Å². The Hall–Kier alpha value is -3.09. The Morgan fingerprint density at radius 3 is 2.58 bits per heavy atom. The Balaban J connectivity index is 1.73. The standard InChI is InChI=1S/C19H19FN2O4/c1-25-16-8-7-13(10-17(16)26-2)22-11-12(9-18(22)23)21-19(24)14-5-3-4-6-15(14)20/h3-8,10,12H,9,11H2,1-2H3,(H,21,24)/t12-/m1/s1. The molecule has 1 N–H and O–H groups in total. The first-order chi connectivity index (χ1) is 12.5. The maximum Gasteiger partial charge on any atom is 0.254 e. The Kier molecular flexibility index (Phi) is 5.06. The molecule has 1 atom stereocenters. The van der Waals surface area contributed by atoms with Crippen molar-refractivity contribution in [1.82, 2.24) is 5.32 Å². The van der Waals surface area contributed by atoms with Crippen LogP contribution in [0.5, 0.6) is 11.5 Å². The predicted molar refractivity (Wildman–Crippen MR) is 94.2 cm³/mol. The molecule has 1 heterocycles. The molecule has 6 nitrogen and oxygen atoms in total. The lowest BCUT2D eigenvalue weighted by Crippen LogP contribution is -2.37. The number of halogens is 1. The summed E-state index contributed by atoms with van der Waals surface area (Å²) in [5, 5.41) is 2.72. The minimum Gasteiger partial charge on any atom is -0.493 e. The van der Waals surface area contributed by atoms with E-state index in [0.29, 0.717) is 23.7 Å². The van der Waals surface area contributed by atoms with Crippen LogP contribution in [0.3, 0.4) is 0 Å². The molecule has 0 unspecified atom stereocenters. The molecule has 7 heteroatoms. The van der Waals surface area contributed by atoms with E-state index in [1.165, 1.54) is 32.4 Å². The molecule has 0 bridgehead atoms. The highest BCUT2D eigenvalue weighted by atomic mass is 19.1. The molecule has 0 aromatic heterocycles. The van der Waals surface area contributed by atoms with Crippen molar-refractivity contribution < 1.29 is 23.5 Å². The predicted octanol–water partition coefficient (Wildman–Crippen LogP) is 2.38. The molecule has 0 saturated carbocycles. The molecule has 2 aromatic rings. The molecule has 1 aliphatic rings. The van der Waals surface area contributed by atoms with Gasteiger partial charge in [0.05, 0.1) is 25.8 Å². The van der Waals surface area contributed by atoms with Crippen molar-refractivity contribution in [3.8, 4) is 11.5 Å². The summed E-state index contributed by atoms with van der Waals surface area (Å²) in [6.07, 6.45) is 0.147. The van der Waals surface area contributed by atoms with Crippen LogP contribution in [0.1, 0.15) is 16.8 Å². The maximum absolute atomic E-state index is 13.7. The van der Waals surface area contributed by atoms with Crippen LogP contribution in [0.4, 0.5) is 10.1 Å². The van der Waals surface area contributed by atoms with E-state index in [0.717, 1.165) is 0 Å². The third-order valence-electron chi connectivity index (χ3n) is 4.26. The second-order valence-corrected chi connectivity index (χ2v) is 5.90. The average molecular weight is 358 g/mol. The highest BCUT2D eigenvalue weighted by Gasteiger charge is 2.32. The molecule has 0 radical (unpaired) electrons. The van der Waals surface area contributed by atoms with Crippen molar-refractivity contribution in [3.05, 3.63) is 53.8 Å². The summed E-state index contributed by atoms with van der Waals surface area (Å²) < 4.78 is 24.2. The summed E-state index contributed by atoms with van der Waals surface area (Å²) in [5.74, 6) is -0.180. The first-order valence-electron chi connectivity index (χ1n) is 8.11. The molecule has 2 amide bonds. The molecule has 26 heavy (non-hydrogen) atoms. The quantitative estimate of drug-likeness (QED) is 0.891. The number of rotatable bonds is 5. The van der Waals surface area contributed by atoms with Crippen LogP contribution in [0.25, 0.3) is 0 Å². The molecule has 2 aromatic carbocycles. The third-order valence-corrected chi connectivity index (χ3v) is 4.26.